The molecule has 0 aromatic rings. The van der Waals surface area contributed by atoms with Crippen LogP contribution >= 0.6 is 0 Å². The third-order valence-electron chi connectivity index (χ3n) is 8.32. The van der Waals surface area contributed by atoms with Crippen LogP contribution in [0.4, 0.5) is 0 Å². The van der Waals surface area contributed by atoms with Crippen molar-refractivity contribution >= 4 is 5.97 Å². The first kappa shape index (κ1) is 17.4. The molecule has 0 bridgehead atoms. The highest BCUT2D eigenvalue weighted by molar-refractivity contribution is 5.76. The van der Waals surface area contributed by atoms with Crippen molar-refractivity contribution in [1.82, 2.24) is 0 Å². The second-order valence-electron chi connectivity index (χ2n) is 10.2. The Hall–Kier alpha value is -0.650. The fourth-order valence-corrected chi connectivity index (χ4v) is 7.33. The van der Waals surface area contributed by atoms with E-state index in [1.54, 1.807) is 0 Å². The van der Waals surface area contributed by atoms with Gasteiger partial charge < -0.3 is 19.1 Å². The van der Waals surface area contributed by atoms with Crippen molar-refractivity contribution < 1.29 is 23.9 Å². The van der Waals surface area contributed by atoms with E-state index >= 15 is 0 Å². The first-order valence-electron chi connectivity index (χ1n) is 10.7. The van der Waals surface area contributed by atoms with Crippen molar-refractivity contribution in [3.63, 3.8) is 0 Å². The number of epoxide rings is 1. The maximum Gasteiger partial charge on any atom is 0.315 e. The van der Waals surface area contributed by atoms with E-state index in [0.717, 1.165) is 26.1 Å². The van der Waals surface area contributed by atoms with Crippen LogP contribution in [0, 0.1) is 23.2 Å². The first-order chi connectivity index (χ1) is 12.3. The Bertz CT molecular complexity index is 601. The molecule has 0 aromatic carbocycles. The van der Waals surface area contributed by atoms with E-state index in [1.165, 1.54) is 24.2 Å². The molecular weight excluding hydrogens is 330 g/mol. The van der Waals surface area contributed by atoms with Crippen LogP contribution in [0.15, 0.2) is 0 Å². The van der Waals surface area contributed by atoms with Gasteiger partial charge in [-0.05, 0) is 39.0 Å². The molecular formula is C21H34NO4+. The van der Waals surface area contributed by atoms with Gasteiger partial charge in [0.2, 0.25) is 0 Å². The minimum Gasteiger partial charge on any atom is -0.462 e. The maximum absolute atomic E-state index is 12.8. The Morgan fingerprint density at radius 2 is 1.92 bits per heavy atom. The van der Waals surface area contributed by atoms with Crippen LogP contribution in [0.5, 0.6) is 0 Å². The van der Waals surface area contributed by atoms with Crippen LogP contribution in [0.25, 0.3) is 0 Å². The molecule has 3 aliphatic heterocycles. The molecule has 5 aliphatic rings. The van der Waals surface area contributed by atoms with Crippen LogP contribution in [-0.2, 0) is 19.0 Å². The molecule has 26 heavy (non-hydrogen) atoms. The largest absolute Gasteiger partial charge is 0.462 e. The fourth-order valence-electron chi connectivity index (χ4n) is 7.33. The normalized spacial score (nSPS) is 58.4. The van der Waals surface area contributed by atoms with Gasteiger partial charge in [-0.2, -0.15) is 0 Å². The Balaban J connectivity index is 1.38. The van der Waals surface area contributed by atoms with Crippen molar-refractivity contribution in [3.8, 4) is 0 Å². The quantitative estimate of drug-likeness (QED) is 0.591. The fraction of sp³-hybridized carbons (Fsp3) is 0.952. The first-order valence-corrected chi connectivity index (χ1v) is 10.7. The number of esters is 1. The second kappa shape index (κ2) is 5.68. The number of quaternary nitrogens is 1. The average molecular weight is 365 g/mol. The zero-order valence-electron chi connectivity index (χ0n) is 16.6. The number of hydrogen-bond acceptors (Lipinski definition) is 4. The van der Waals surface area contributed by atoms with Crippen LogP contribution < -0.4 is 4.90 Å². The van der Waals surface area contributed by atoms with E-state index in [9.17, 15) is 4.79 Å². The smallest absolute Gasteiger partial charge is 0.315 e. The lowest BCUT2D eigenvalue weighted by molar-refractivity contribution is -0.917. The highest BCUT2D eigenvalue weighted by atomic mass is 16.6. The molecule has 5 rings (SSSR count). The van der Waals surface area contributed by atoms with Gasteiger partial charge in [0.1, 0.15) is 42.9 Å². The molecule has 5 fully saturated rings. The van der Waals surface area contributed by atoms with E-state index in [1.807, 2.05) is 0 Å². The molecule has 3 saturated heterocycles. The SMILES string of the molecule is C[C@@H]1C[NH+](C[C@H]2C(=O)O[C@@H]3C[C@@]4(C)CCC[C@H](C)[C@@]45O[C@H]5[C@@H]32)C[C@H](C)O1. The van der Waals surface area contributed by atoms with Crippen molar-refractivity contribution in [3.05, 3.63) is 0 Å². The summed E-state index contributed by atoms with van der Waals surface area (Å²) in [5.74, 6) is 0.881. The predicted molar refractivity (Wildman–Crippen MR) is 95.8 cm³/mol. The Labute approximate surface area is 156 Å². The summed E-state index contributed by atoms with van der Waals surface area (Å²) >= 11 is 0. The Kier molecular flexibility index (Phi) is 3.81. The number of carbonyl (C=O) groups is 1. The summed E-state index contributed by atoms with van der Waals surface area (Å²) in [7, 11) is 0. The van der Waals surface area contributed by atoms with Crippen LogP contribution in [0.3, 0.4) is 0 Å². The summed E-state index contributed by atoms with van der Waals surface area (Å²) in [6, 6.07) is 0. The van der Waals surface area contributed by atoms with Gasteiger partial charge in [-0.1, -0.05) is 20.3 Å². The molecule has 2 aliphatic carbocycles. The van der Waals surface area contributed by atoms with Crippen LogP contribution in [0.1, 0.15) is 53.4 Å². The molecule has 5 nitrogen and oxygen atoms in total. The third kappa shape index (κ3) is 2.29. The third-order valence-corrected chi connectivity index (χ3v) is 8.32. The van der Waals surface area contributed by atoms with E-state index in [0.29, 0.717) is 5.92 Å². The van der Waals surface area contributed by atoms with E-state index in [-0.39, 0.29) is 53.2 Å². The zero-order valence-corrected chi connectivity index (χ0v) is 16.6. The van der Waals surface area contributed by atoms with E-state index in [4.69, 9.17) is 14.2 Å². The van der Waals surface area contributed by atoms with Gasteiger partial charge in [0.25, 0.3) is 0 Å². The Morgan fingerprint density at radius 3 is 2.65 bits per heavy atom. The molecule has 5 heteroatoms. The molecule has 1 unspecified atom stereocenters. The van der Waals surface area contributed by atoms with Crippen molar-refractivity contribution in [1.29, 1.82) is 0 Å². The van der Waals surface area contributed by atoms with Gasteiger partial charge in [-0.15, -0.1) is 0 Å². The Morgan fingerprint density at radius 1 is 1.19 bits per heavy atom. The average Bonchev–Trinajstić information content (AvgIpc) is 3.22. The molecule has 146 valence electrons. The number of morpholine rings is 1. The minimum absolute atomic E-state index is 0.00412. The topological polar surface area (TPSA) is 52.5 Å². The number of hydrogen-bond donors (Lipinski definition) is 1. The summed E-state index contributed by atoms with van der Waals surface area (Å²) in [4.78, 5) is 14.3. The molecule has 2 saturated carbocycles. The molecule has 0 aromatic heterocycles. The lowest BCUT2D eigenvalue weighted by atomic mass is 9.53. The van der Waals surface area contributed by atoms with Gasteiger partial charge in [-0.25, -0.2) is 0 Å². The van der Waals surface area contributed by atoms with Gasteiger partial charge in [0, 0.05) is 11.3 Å². The summed E-state index contributed by atoms with van der Waals surface area (Å²) in [5.41, 5.74) is 0.195. The predicted octanol–water partition coefficient (Wildman–Crippen LogP) is 1.20. The number of ether oxygens (including phenoxy) is 3. The van der Waals surface area contributed by atoms with Gasteiger partial charge >= 0.3 is 5.97 Å². The van der Waals surface area contributed by atoms with E-state index in [2.05, 4.69) is 27.7 Å². The second-order valence-corrected chi connectivity index (χ2v) is 10.2. The van der Waals surface area contributed by atoms with Crippen LogP contribution in [-0.4, -0.2) is 55.6 Å². The van der Waals surface area contributed by atoms with Gasteiger partial charge in [0.15, 0.2) is 0 Å². The summed E-state index contributed by atoms with van der Waals surface area (Å²) in [6.07, 6.45) is 5.56. The summed E-state index contributed by atoms with van der Waals surface area (Å²) < 4.78 is 18.4. The summed E-state index contributed by atoms with van der Waals surface area (Å²) in [5, 5.41) is 0. The van der Waals surface area contributed by atoms with Crippen molar-refractivity contribution in [2.45, 2.75) is 83.4 Å². The van der Waals surface area contributed by atoms with Crippen molar-refractivity contribution in [2.75, 3.05) is 19.6 Å². The number of carbonyl (C=O) groups excluding carboxylic acids is 1. The number of rotatable bonds is 2. The lowest BCUT2D eigenvalue weighted by Gasteiger charge is -2.48. The molecule has 0 radical (unpaired) electrons. The number of fused-ring (bicyclic) bond motifs is 2. The highest BCUT2D eigenvalue weighted by Gasteiger charge is 2.78. The number of nitrogens with one attached hydrogen (secondary N) is 1. The van der Waals surface area contributed by atoms with E-state index < -0.39 is 0 Å². The molecule has 1 N–H and O–H groups in total. The standard InChI is InChI=1S/C21H33NO4/c1-12-6-5-7-20(4)8-16-17(18-21(12,20)26-18)15(19(23)25-16)11-22-9-13(2)24-14(3)10-22/h12-18H,5-11H2,1-4H3/p+1/t12-,13-,14+,15+,16+,17+,18-,20+,21-/m0/s1. The highest BCUT2D eigenvalue weighted by Crippen LogP contribution is 2.70. The monoisotopic (exact) mass is 364 g/mol. The molecule has 1 spiro atoms. The summed E-state index contributed by atoms with van der Waals surface area (Å²) in [6.45, 7) is 11.9. The van der Waals surface area contributed by atoms with Gasteiger partial charge in [-0.3, -0.25) is 4.79 Å². The zero-order chi connectivity index (χ0) is 18.3. The van der Waals surface area contributed by atoms with Crippen molar-refractivity contribution in [2.24, 2.45) is 23.2 Å². The minimum atomic E-state index is -0.00412. The lowest BCUT2D eigenvalue weighted by Crippen LogP contribution is -3.16. The molecule has 10 atom stereocenters. The maximum atomic E-state index is 12.8. The van der Waals surface area contributed by atoms with Crippen LogP contribution in [0.2, 0.25) is 0 Å². The molecule has 3 heterocycles. The van der Waals surface area contributed by atoms with Gasteiger partial charge in [0.05, 0.1) is 12.6 Å². The molecule has 0 amide bonds.